The summed E-state index contributed by atoms with van der Waals surface area (Å²) in [6, 6.07) is 8.37. The molecule has 0 bridgehead atoms. The minimum atomic E-state index is 0.0924. The topological polar surface area (TPSA) is 66.8 Å². The highest BCUT2D eigenvalue weighted by Crippen LogP contribution is 2.33. The zero-order valence-electron chi connectivity index (χ0n) is 16.2. The molecule has 2 aromatic heterocycles. The Morgan fingerprint density at radius 1 is 1.11 bits per heavy atom. The minimum absolute atomic E-state index is 0.0924. The fraction of sp³-hybridized carbons (Fsp3) is 0.500. The number of hydrogen-bond donors (Lipinski definition) is 1. The predicted octanol–water partition coefficient (Wildman–Crippen LogP) is 3.78. The van der Waals surface area contributed by atoms with Crippen LogP contribution in [0.4, 0.5) is 0 Å². The lowest BCUT2D eigenvalue weighted by Crippen LogP contribution is -2.32. The van der Waals surface area contributed by atoms with Gasteiger partial charge in [-0.25, -0.2) is 0 Å². The molecule has 2 aliphatic rings. The van der Waals surface area contributed by atoms with Gasteiger partial charge >= 0.3 is 0 Å². The summed E-state index contributed by atoms with van der Waals surface area (Å²) >= 11 is 0. The molecule has 6 nitrogen and oxygen atoms in total. The second kappa shape index (κ2) is 7.41. The van der Waals surface area contributed by atoms with Crippen molar-refractivity contribution in [1.29, 1.82) is 0 Å². The number of aryl methyl sites for hydroxylation is 2. The maximum absolute atomic E-state index is 13.1. The molecule has 2 aliphatic heterocycles. The van der Waals surface area contributed by atoms with Gasteiger partial charge in [0.05, 0.1) is 6.04 Å². The molecule has 1 aromatic carbocycles. The van der Waals surface area contributed by atoms with Crippen molar-refractivity contribution in [3.63, 3.8) is 0 Å². The van der Waals surface area contributed by atoms with Crippen LogP contribution in [0.2, 0.25) is 0 Å². The van der Waals surface area contributed by atoms with E-state index in [0.717, 1.165) is 55.9 Å². The van der Waals surface area contributed by atoms with E-state index in [2.05, 4.69) is 42.8 Å². The first kappa shape index (κ1) is 17.5. The van der Waals surface area contributed by atoms with Crippen molar-refractivity contribution < 1.29 is 4.79 Å². The molecule has 4 heterocycles. The monoisotopic (exact) mass is 377 g/mol. The summed E-state index contributed by atoms with van der Waals surface area (Å²) in [4.78, 5) is 18.4. The highest BCUT2D eigenvalue weighted by atomic mass is 16.2. The number of likely N-dealkylation sites (tertiary alicyclic amines) is 1. The van der Waals surface area contributed by atoms with Crippen LogP contribution in [0.5, 0.6) is 0 Å². The van der Waals surface area contributed by atoms with E-state index in [-0.39, 0.29) is 11.9 Å². The summed E-state index contributed by atoms with van der Waals surface area (Å²) < 4.78 is 2.29. The lowest BCUT2D eigenvalue weighted by molar-refractivity contribution is -0.132. The van der Waals surface area contributed by atoms with E-state index >= 15 is 0 Å². The molecule has 1 fully saturated rings. The molecule has 3 aromatic rings. The first-order chi connectivity index (χ1) is 13.8. The Morgan fingerprint density at radius 2 is 2.04 bits per heavy atom. The molecule has 1 N–H and O–H groups in total. The van der Waals surface area contributed by atoms with Crippen LogP contribution in [0.1, 0.15) is 61.8 Å². The summed E-state index contributed by atoms with van der Waals surface area (Å²) in [5.74, 6) is 2.35. The Bertz CT molecular complexity index is 988. The third kappa shape index (κ3) is 3.11. The number of hydrogen-bond acceptors (Lipinski definition) is 3. The van der Waals surface area contributed by atoms with Gasteiger partial charge in [-0.3, -0.25) is 4.79 Å². The third-order valence-electron chi connectivity index (χ3n) is 6.29. The fourth-order valence-electron chi connectivity index (χ4n) is 4.81. The Morgan fingerprint density at radius 3 is 3.00 bits per heavy atom. The van der Waals surface area contributed by atoms with E-state index in [4.69, 9.17) is 0 Å². The van der Waals surface area contributed by atoms with Gasteiger partial charge in [0.2, 0.25) is 5.91 Å². The van der Waals surface area contributed by atoms with Crippen LogP contribution < -0.4 is 0 Å². The van der Waals surface area contributed by atoms with E-state index in [0.29, 0.717) is 6.42 Å². The number of fused-ring (bicyclic) bond motifs is 2. The van der Waals surface area contributed by atoms with Gasteiger partial charge in [0.1, 0.15) is 5.82 Å². The van der Waals surface area contributed by atoms with Crippen molar-refractivity contribution in [2.45, 2.75) is 64.0 Å². The van der Waals surface area contributed by atoms with Crippen LogP contribution in [0.15, 0.2) is 30.5 Å². The van der Waals surface area contributed by atoms with E-state index in [9.17, 15) is 4.79 Å². The average molecular weight is 377 g/mol. The molecule has 1 saturated heterocycles. The zero-order valence-corrected chi connectivity index (χ0v) is 16.2. The maximum atomic E-state index is 13.1. The van der Waals surface area contributed by atoms with Crippen molar-refractivity contribution in [2.24, 2.45) is 0 Å². The summed E-state index contributed by atoms with van der Waals surface area (Å²) in [5, 5.41) is 10.2. The standard InChI is InChI=1S/C22H27N5O/c28-21(12-11-16-15-23-18-8-4-3-7-17(16)18)26-14-6-9-19(26)22-25-24-20-10-2-1-5-13-27(20)22/h3-4,7-8,15,19,23H,1-2,5-6,9-14H2. The molecule has 6 heteroatoms. The van der Waals surface area contributed by atoms with E-state index in [1.807, 2.05) is 12.3 Å². The van der Waals surface area contributed by atoms with Crippen molar-refractivity contribution >= 4 is 16.8 Å². The van der Waals surface area contributed by atoms with Crippen LogP contribution in [0, 0.1) is 0 Å². The molecule has 0 spiro atoms. The van der Waals surface area contributed by atoms with Crippen molar-refractivity contribution in [1.82, 2.24) is 24.6 Å². The number of benzene rings is 1. The SMILES string of the molecule is O=C(CCc1c[nH]c2ccccc12)N1CCCC1c1nnc2n1CCCCC2. The Balaban J connectivity index is 1.31. The molecular formula is C22H27N5O. The fourth-order valence-corrected chi connectivity index (χ4v) is 4.81. The summed E-state index contributed by atoms with van der Waals surface area (Å²) in [6.45, 7) is 1.82. The largest absolute Gasteiger partial charge is 0.361 e. The molecule has 0 saturated carbocycles. The van der Waals surface area contributed by atoms with Crippen LogP contribution in [0.3, 0.4) is 0 Å². The number of aromatic nitrogens is 4. The number of aromatic amines is 1. The van der Waals surface area contributed by atoms with Gasteiger partial charge in [-0.05, 0) is 43.7 Å². The van der Waals surface area contributed by atoms with Crippen LogP contribution >= 0.6 is 0 Å². The Kier molecular flexibility index (Phi) is 4.63. The second-order valence-electron chi connectivity index (χ2n) is 8.04. The highest BCUT2D eigenvalue weighted by molar-refractivity contribution is 5.84. The number of nitrogens with one attached hydrogen (secondary N) is 1. The molecule has 0 radical (unpaired) electrons. The van der Waals surface area contributed by atoms with Gasteiger partial charge in [-0.1, -0.05) is 24.6 Å². The lowest BCUT2D eigenvalue weighted by Gasteiger charge is -2.24. The smallest absolute Gasteiger partial charge is 0.223 e. The van der Waals surface area contributed by atoms with Crippen molar-refractivity contribution in [3.05, 3.63) is 47.7 Å². The predicted molar refractivity (Wildman–Crippen MR) is 108 cm³/mol. The maximum Gasteiger partial charge on any atom is 0.223 e. The highest BCUT2D eigenvalue weighted by Gasteiger charge is 2.34. The van der Waals surface area contributed by atoms with Crippen LogP contribution in [-0.2, 0) is 24.2 Å². The van der Waals surface area contributed by atoms with Gasteiger partial charge in [0.25, 0.3) is 0 Å². The van der Waals surface area contributed by atoms with Gasteiger partial charge in [-0.15, -0.1) is 10.2 Å². The minimum Gasteiger partial charge on any atom is -0.361 e. The van der Waals surface area contributed by atoms with Gasteiger partial charge in [0, 0.05) is 43.0 Å². The summed E-state index contributed by atoms with van der Waals surface area (Å²) in [6.07, 6.45) is 10.0. The molecule has 1 unspecified atom stereocenters. The number of carbonyl (C=O) groups excluding carboxylic acids is 1. The first-order valence-corrected chi connectivity index (χ1v) is 10.6. The summed E-state index contributed by atoms with van der Waals surface area (Å²) in [7, 11) is 0. The molecule has 1 atom stereocenters. The number of carbonyl (C=O) groups is 1. The van der Waals surface area contributed by atoms with Gasteiger partial charge < -0.3 is 14.5 Å². The molecule has 0 aliphatic carbocycles. The molecule has 5 rings (SSSR count). The first-order valence-electron chi connectivity index (χ1n) is 10.6. The molecule has 146 valence electrons. The average Bonchev–Trinajstić information content (AvgIpc) is 3.41. The number of H-pyrrole nitrogens is 1. The Labute approximate surface area is 164 Å². The van der Waals surface area contributed by atoms with E-state index in [1.54, 1.807) is 0 Å². The van der Waals surface area contributed by atoms with Crippen molar-refractivity contribution in [2.75, 3.05) is 6.54 Å². The van der Waals surface area contributed by atoms with E-state index < -0.39 is 0 Å². The van der Waals surface area contributed by atoms with Crippen LogP contribution in [0.25, 0.3) is 10.9 Å². The zero-order chi connectivity index (χ0) is 18.9. The third-order valence-corrected chi connectivity index (χ3v) is 6.29. The molecule has 28 heavy (non-hydrogen) atoms. The van der Waals surface area contributed by atoms with Gasteiger partial charge in [-0.2, -0.15) is 0 Å². The normalized spacial score (nSPS) is 19.7. The van der Waals surface area contributed by atoms with Crippen molar-refractivity contribution in [3.8, 4) is 0 Å². The van der Waals surface area contributed by atoms with Gasteiger partial charge in [0.15, 0.2) is 5.82 Å². The number of nitrogens with zero attached hydrogens (tertiary/aromatic N) is 4. The molecule has 1 amide bonds. The number of rotatable bonds is 4. The van der Waals surface area contributed by atoms with Crippen LogP contribution in [-0.4, -0.2) is 37.1 Å². The Hall–Kier alpha value is -2.63. The molecular weight excluding hydrogens is 350 g/mol. The summed E-state index contributed by atoms with van der Waals surface area (Å²) in [5.41, 5.74) is 2.35. The van der Waals surface area contributed by atoms with E-state index in [1.165, 1.54) is 30.2 Å². The number of amides is 1. The quantitative estimate of drug-likeness (QED) is 0.752. The number of para-hydroxylation sites is 1. The lowest BCUT2D eigenvalue weighted by atomic mass is 10.1. The second-order valence-corrected chi connectivity index (χ2v) is 8.04.